The van der Waals surface area contributed by atoms with Gasteiger partial charge in [-0.15, -0.1) is 10.2 Å². The van der Waals surface area contributed by atoms with Gasteiger partial charge >= 0.3 is 5.97 Å². The Morgan fingerprint density at radius 3 is 2.12 bits per heavy atom. The summed E-state index contributed by atoms with van der Waals surface area (Å²) in [6.45, 7) is 0. The maximum absolute atomic E-state index is 13.8. The molecule has 0 aliphatic rings. The molecule has 0 fully saturated rings. The molecular weight excluding hydrogens is 479 g/mol. The minimum absolute atomic E-state index is 0.192. The van der Waals surface area contributed by atoms with Crippen molar-refractivity contribution >= 4 is 44.0 Å². The van der Waals surface area contributed by atoms with Crippen LogP contribution in [-0.4, -0.2) is 25.0 Å². The number of carbonyl (C=O) groups is 1. The molecule has 174 valence electrons. The van der Waals surface area contributed by atoms with Crippen molar-refractivity contribution in [2.45, 2.75) is 0 Å². The first-order valence-electron chi connectivity index (χ1n) is 9.49. The zero-order valence-electron chi connectivity index (χ0n) is 17.4. The normalized spacial score (nSPS) is 11.4. The predicted molar refractivity (Wildman–Crippen MR) is 116 cm³/mol. The van der Waals surface area contributed by atoms with Crippen LogP contribution in [0.25, 0.3) is 10.2 Å². The van der Waals surface area contributed by atoms with E-state index in [4.69, 9.17) is 0 Å². The van der Waals surface area contributed by atoms with Gasteiger partial charge in [-0.05, 0) is 42.5 Å². The Kier molecular flexibility index (Phi) is 6.24. The topological polar surface area (TPSA) is 67.2 Å². The van der Waals surface area contributed by atoms with E-state index in [2.05, 4.69) is 19.9 Å². The number of fused-ring (bicyclic) bond motifs is 1. The lowest BCUT2D eigenvalue weighted by Gasteiger charge is -2.11. The summed E-state index contributed by atoms with van der Waals surface area (Å²) in [5, 5.41) is 8.45. The number of ether oxygens (including phenoxy) is 1. The molecule has 0 spiro atoms. The summed E-state index contributed by atoms with van der Waals surface area (Å²) in [5.41, 5.74) is 1.85. The first-order valence-corrected chi connectivity index (χ1v) is 10.3. The second-order valence-electron chi connectivity index (χ2n) is 7.08. The van der Waals surface area contributed by atoms with E-state index in [1.54, 1.807) is 12.1 Å². The number of nitrogens with zero attached hydrogens (tertiary/aromatic N) is 4. The molecule has 34 heavy (non-hydrogen) atoms. The standard InChI is InChI=1S/C22H13F5N4O2S/c1-31(2)12-6-4-11(5-7-12)29-30-22-28-13-8-3-10(9-14(13)34-22)21(32)33-20-18(26)16(24)15(23)17(25)19(20)27/h3-9H,1-2H3. The van der Waals surface area contributed by atoms with E-state index in [0.717, 1.165) is 17.0 Å². The van der Waals surface area contributed by atoms with Gasteiger partial charge in [-0.2, -0.15) is 8.78 Å². The Balaban J connectivity index is 1.56. The van der Waals surface area contributed by atoms with E-state index in [1.807, 2.05) is 31.1 Å². The van der Waals surface area contributed by atoms with E-state index < -0.39 is 40.8 Å². The molecule has 0 N–H and O–H groups in total. The Morgan fingerprint density at radius 1 is 0.882 bits per heavy atom. The van der Waals surface area contributed by atoms with Gasteiger partial charge in [-0.1, -0.05) is 11.3 Å². The molecule has 1 heterocycles. The van der Waals surface area contributed by atoms with Crippen molar-refractivity contribution in [2.24, 2.45) is 10.2 Å². The highest BCUT2D eigenvalue weighted by Gasteiger charge is 2.29. The minimum Gasteiger partial charge on any atom is -0.416 e. The van der Waals surface area contributed by atoms with Crippen LogP contribution in [0.1, 0.15) is 10.4 Å². The van der Waals surface area contributed by atoms with Gasteiger partial charge in [0.05, 0.1) is 21.5 Å². The predicted octanol–water partition coefficient (Wildman–Crippen LogP) is 6.69. The molecule has 12 heteroatoms. The van der Waals surface area contributed by atoms with Crippen LogP contribution in [0.15, 0.2) is 52.7 Å². The number of carbonyl (C=O) groups excluding carboxylic acids is 1. The molecule has 0 atom stereocenters. The third-order valence-electron chi connectivity index (χ3n) is 4.59. The van der Waals surface area contributed by atoms with Crippen LogP contribution < -0.4 is 9.64 Å². The summed E-state index contributed by atoms with van der Waals surface area (Å²) in [4.78, 5) is 18.5. The van der Waals surface area contributed by atoms with E-state index in [0.29, 0.717) is 15.9 Å². The van der Waals surface area contributed by atoms with Crippen molar-refractivity contribution in [3.8, 4) is 5.75 Å². The van der Waals surface area contributed by atoms with Gasteiger partial charge in [-0.3, -0.25) is 0 Å². The highest BCUT2D eigenvalue weighted by atomic mass is 32.1. The van der Waals surface area contributed by atoms with Crippen LogP contribution in [0.3, 0.4) is 0 Å². The lowest BCUT2D eigenvalue weighted by Crippen LogP contribution is -2.13. The van der Waals surface area contributed by atoms with Crippen molar-refractivity contribution in [1.29, 1.82) is 0 Å². The molecule has 0 aliphatic carbocycles. The van der Waals surface area contributed by atoms with Crippen LogP contribution in [0.4, 0.5) is 38.5 Å². The Labute approximate surface area is 192 Å². The van der Waals surface area contributed by atoms with Gasteiger partial charge in [0.1, 0.15) is 0 Å². The molecule has 3 aromatic carbocycles. The quantitative estimate of drug-likeness (QED) is 0.0777. The number of benzene rings is 3. The third kappa shape index (κ3) is 4.44. The zero-order valence-corrected chi connectivity index (χ0v) is 18.3. The fourth-order valence-electron chi connectivity index (χ4n) is 2.83. The average Bonchev–Trinajstić information content (AvgIpc) is 3.25. The maximum Gasteiger partial charge on any atom is 0.343 e. The smallest absolute Gasteiger partial charge is 0.343 e. The fourth-order valence-corrected chi connectivity index (χ4v) is 3.65. The number of thiazole rings is 1. The average molecular weight is 492 g/mol. The number of azo groups is 1. The summed E-state index contributed by atoms with van der Waals surface area (Å²) in [6, 6.07) is 11.2. The highest BCUT2D eigenvalue weighted by molar-refractivity contribution is 7.21. The number of hydrogen-bond donors (Lipinski definition) is 0. The van der Waals surface area contributed by atoms with Gasteiger partial charge in [-0.25, -0.2) is 22.9 Å². The van der Waals surface area contributed by atoms with E-state index in [1.165, 1.54) is 18.2 Å². The highest BCUT2D eigenvalue weighted by Crippen LogP contribution is 2.32. The maximum atomic E-state index is 13.8. The van der Waals surface area contributed by atoms with Gasteiger partial charge in [0.25, 0.3) is 0 Å². The van der Waals surface area contributed by atoms with Crippen molar-refractivity contribution in [1.82, 2.24) is 4.98 Å². The Morgan fingerprint density at radius 2 is 1.50 bits per heavy atom. The van der Waals surface area contributed by atoms with Crippen molar-refractivity contribution in [2.75, 3.05) is 19.0 Å². The second-order valence-corrected chi connectivity index (χ2v) is 8.09. The van der Waals surface area contributed by atoms with Crippen molar-refractivity contribution in [3.63, 3.8) is 0 Å². The van der Waals surface area contributed by atoms with Crippen molar-refractivity contribution in [3.05, 3.63) is 77.1 Å². The first-order chi connectivity index (χ1) is 16.2. The van der Waals surface area contributed by atoms with Gasteiger partial charge in [0.15, 0.2) is 0 Å². The van der Waals surface area contributed by atoms with Crippen LogP contribution in [-0.2, 0) is 0 Å². The van der Waals surface area contributed by atoms with Gasteiger partial charge in [0, 0.05) is 19.8 Å². The van der Waals surface area contributed by atoms with Crippen molar-refractivity contribution < 1.29 is 31.5 Å². The summed E-state index contributed by atoms with van der Waals surface area (Å²) in [5.74, 6) is -14.3. The third-order valence-corrected chi connectivity index (χ3v) is 5.50. The number of halogens is 5. The van der Waals surface area contributed by atoms with Crippen LogP contribution >= 0.6 is 11.3 Å². The lowest BCUT2D eigenvalue weighted by molar-refractivity contribution is 0.0716. The summed E-state index contributed by atoms with van der Waals surface area (Å²) in [7, 11) is 3.82. The number of hydrogen-bond acceptors (Lipinski definition) is 7. The first kappa shape index (κ1) is 23.2. The largest absolute Gasteiger partial charge is 0.416 e. The number of rotatable bonds is 5. The summed E-state index contributed by atoms with van der Waals surface area (Å²) in [6.07, 6.45) is 0. The Bertz CT molecular complexity index is 1410. The number of aromatic nitrogens is 1. The molecule has 6 nitrogen and oxygen atoms in total. The van der Waals surface area contributed by atoms with Gasteiger partial charge < -0.3 is 9.64 Å². The van der Waals surface area contributed by atoms with E-state index in [9.17, 15) is 26.7 Å². The molecule has 1 aromatic heterocycles. The lowest BCUT2D eigenvalue weighted by atomic mass is 10.2. The molecule has 0 amide bonds. The second kappa shape index (κ2) is 9.14. The molecule has 0 unspecified atom stereocenters. The van der Waals surface area contributed by atoms with Crippen LogP contribution in [0, 0.1) is 29.1 Å². The monoisotopic (exact) mass is 492 g/mol. The zero-order chi connectivity index (χ0) is 24.6. The molecule has 0 radical (unpaired) electrons. The molecule has 0 aliphatic heterocycles. The summed E-state index contributed by atoms with van der Waals surface area (Å²) < 4.78 is 72.3. The number of esters is 1. The van der Waals surface area contributed by atoms with Crippen LogP contribution in [0.2, 0.25) is 0 Å². The molecule has 4 rings (SSSR count). The van der Waals surface area contributed by atoms with Gasteiger partial charge in [0.2, 0.25) is 40.0 Å². The molecular formula is C22H13F5N4O2S. The molecule has 4 aromatic rings. The molecule has 0 bridgehead atoms. The van der Waals surface area contributed by atoms with Crippen LogP contribution in [0.5, 0.6) is 5.75 Å². The molecule has 0 saturated heterocycles. The fraction of sp³-hybridized carbons (Fsp3) is 0.0909. The molecule has 0 saturated carbocycles. The van der Waals surface area contributed by atoms with E-state index in [-0.39, 0.29) is 10.7 Å². The summed E-state index contributed by atoms with van der Waals surface area (Å²) >= 11 is 1.07. The minimum atomic E-state index is -2.35. The van der Waals surface area contributed by atoms with E-state index >= 15 is 0 Å². The SMILES string of the molecule is CN(C)c1ccc(N=Nc2nc3ccc(C(=O)Oc4c(F)c(F)c(F)c(F)c4F)cc3s2)cc1. The Hall–Kier alpha value is -3.93. The number of anilines is 1.